The smallest absolute Gasteiger partial charge is 0.328 e. The van der Waals surface area contributed by atoms with Crippen molar-refractivity contribution in [2.45, 2.75) is 63.3 Å². The summed E-state index contributed by atoms with van der Waals surface area (Å²) in [4.78, 5) is 36.3. The van der Waals surface area contributed by atoms with Crippen molar-refractivity contribution in [2.75, 3.05) is 5.32 Å². The van der Waals surface area contributed by atoms with Crippen LogP contribution in [0, 0.1) is 11.8 Å². The molecule has 0 spiro atoms. The lowest BCUT2D eigenvalue weighted by Crippen LogP contribution is -2.51. The highest BCUT2D eigenvalue weighted by Gasteiger charge is 2.43. The van der Waals surface area contributed by atoms with Crippen LogP contribution in [0.1, 0.15) is 68.9 Å². The van der Waals surface area contributed by atoms with Gasteiger partial charge in [0.05, 0.1) is 0 Å². The first-order valence-corrected chi connectivity index (χ1v) is 11.8. The zero-order chi connectivity index (χ0) is 23.6. The number of hydrogen-bond acceptors (Lipinski definition) is 3. The van der Waals surface area contributed by atoms with Gasteiger partial charge in [-0.05, 0) is 81.0 Å². The van der Waals surface area contributed by atoms with Crippen molar-refractivity contribution in [3.05, 3.63) is 65.7 Å². The third kappa shape index (κ3) is 5.44. The molecule has 33 heavy (non-hydrogen) atoms. The average Bonchev–Trinajstić information content (AvgIpc) is 3.61. The monoisotopic (exact) mass is 448 g/mol. The average molecular weight is 449 g/mol. The number of amides is 2. The molecular weight excluding hydrogens is 416 g/mol. The van der Waals surface area contributed by atoms with Gasteiger partial charge in [0.15, 0.2) is 0 Å². The van der Waals surface area contributed by atoms with E-state index in [0.717, 1.165) is 37.8 Å². The molecule has 1 unspecified atom stereocenters. The number of carbonyl (C=O) groups is 3. The van der Waals surface area contributed by atoms with Gasteiger partial charge in [-0.15, -0.1) is 0 Å². The summed E-state index contributed by atoms with van der Waals surface area (Å²) < 4.78 is 0. The lowest BCUT2D eigenvalue weighted by molar-refractivity contribution is -0.146. The van der Waals surface area contributed by atoms with Crippen molar-refractivity contribution < 1.29 is 19.5 Å². The fourth-order valence-corrected chi connectivity index (χ4v) is 4.78. The van der Waals surface area contributed by atoms with E-state index >= 15 is 0 Å². The quantitative estimate of drug-likeness (QED) is 0.573. The van der Waals surface area contributed by atoms with Crippen LogP contribution in [-0.2, 0) is 14.4 Å². The minimum Gasteiger partial charge on any atom is -0.480 e. The van der Waals surface area contributed by atoms with Crippen LogP contribution in [-0.4, -0.2) is 28.4 Å². The topological polar surface area (TPSA) is 95.5 Å². The van der Waals surface area contributed by atoms with Crippen LogP contribution in [0.3, 0.4) is 0 Å². The summed E-state index contributed by atoms with van der Waals surface area (Å²) in [5, 5.41) is 14.9. The molecule has 2 aliphatic rings. The standard InChI is InChI=1S/C27H32N2O4/c1-27(2,26(32)33)29-24(30)20-10-8-17(9-11-20)18-12-14-21(15-13-18)28-25(31)23-16-22(23)19-6-4-3-5-7-19/h3-7,12-15,17,20,22-23H,8-11,16H2,1-2H3,(H,28,31)(H,29,30)(H,32,33)/t17?,20?,22-,23?/m0/s1. The van der Waals surface area contributed by atoms with Crippen molar-refractivity contribution in [1.82, 2.24) is 5.32 Å². The lowest BCUT2D eigenvalue weighted by atomic mass is 9.78. The largest absolute Gasteiger partial charge is 0.480 e. The lowest BCUT2D eigenvalue weighted by Gasteiger charge is -2.30. The van der Waals surface area contributed by atoms with Crippen LogP contribution in [0.25, 0.3) is 0 Å². The van der Waals surface area contributed by atoms with Crippen molar-refractivity contribution in [2.24, 2.45) is 11.8 Å². The van der Waals surface area contributed by atoms with E-state index in [4.69, 9.17) is 0 Å². The highest BCUT2D eigenvalue weighted by molar-refractivity contribution is 5.95. The number of carboxylic acids is 1. The maximum Gasteiger partial charge on any atom is 0.328 e. The molecule has 6 heteroatoms. The molecule has 4 rings (SSSR count). The molecule has 2 atom stereocenters. The molecule has 3 N–H and O–H groups in total. The summed E-state index contributed by atoms with van der Waals surface area (Å²) in [6, 6.07) is 18.2. The molecule has 2 aliphatic carbocycles. The number of hydrogen-bond donors (Lipinski definition) is 3. The van der Waals surface area contributed by atoms with Gasteiger partial charge in [-0.25, -0.2) is 4.79 Å². The number of carboxylic acid groups (broad SMARTS) is 1. The van der Waals surface area contributed by atoms with E-state index in [1.54, 1.807) is 0 Å². The number of aliphatic carboxylic acids is 1. The number of carbonyl (C=O) groups excluding carboxylic acids is 2. The summed E-state index contributed by atoms with van der Waals surface area (Å²) in [6.45, 7) is 3.01. The molecule has 0 radical (unpaired) electrons. The van der Waals surface area contributed by atoms with E-state index in [-0.39, 0.29) is 23.7 Å². The summed E-state index contributed by atoms with van der Waals surface area (Å²) in [5.41, 5.74) is 2.00. The third-order valence-electron chi connectivity index (χ3n) is 7.07. The Morgan fingerprint density at radius 2 is 1.48 bits per heavy atom. The predicted molar refractivity (Wildman–Crippen MR) is 127 cm³/mol. The second-order valence-corrected chi connectivity index (χ2v) is 9.94. The maximum atomic E-state index is 12.6. The van der Waals surface area contributed by atoms with E-state index in [9.17, 15) is 19.5 Å². The van der Waals surface area contributed by atoms with Gasteiger partial charge in [-0.2, -0.15) is 0 Å². The normalized spacial score (nSPS) is 24.5. The molecule has 0 saturated heterocycles. The SMILES string of the molecule is CC(C)(NC(=O)C1CCC(c2ccc(NC(=O)C3C[C@H]3c3ccccc3)cc2)CC1)C(=O)O. The third-order valence-corrected chi connectivity index (χ3v) is 7.07. The van der Waals surface area contributed by atoms with Crippen LogP contribution in [0.2, 0.25) is 0 Å². The maximum absolute atomic E-state index is 12.6. The minimum absolute atomic E-state index is 0.0413. The van der Waals surface area contributed by atoms with Crippen LogP contribution >= 0.6 is 0 Å². The van der Waals surface area contributed by atoms with Gasteiger partial charge in [0, 0.05) is 17.5 Å². The Hall–Kier alpha value is -3.15. The molecule has 0 aliphatic heterocycles. The number of anilines is 1. The number of benzene rings is 2. The van der Waals surface area contributed by atoms with Crippen molar-refractivity contribution in [3.63, 3.8) is 0 Å². The highest BCUT2D eigenvalue weighted by atomic mass is 16.4. The van der Waals surface area contributed by atoms with Crippen molar-refractivity contribution in [3.8, 4) is 0 Å². The molecule has 2 aromatic carbocycles. The Morgan fingerprint density at radius 3 is 2.09 bits per heavy atom. The van der Waals surface area contributed by atoms with E-state index < -0.39 is 11.5 Å². The fraction of sp³-hybridized carbons (Fsp3) is 0.444. The second kappa shape index (κ2) is 9.38. The summed E-state index contributed by atoms with van der Waals surface area (Å²) in [7, 11) is 0. The second-order valence-electron chi connectivity index (χ2n) is 9.94. The predicted octanol–water partition coefficient (Wildman–Crippen LogP) is 4.68. The Labute approximate surface area is 194 Å². The number of nitrogens with one attached hydrogen (secondary N) is 2. The van der Waals surface area contributed by atoms with Crippen LogP contribution < -0.4 is 10.6 Å². The zero-order valence-electron chi connectivity index (χ0n) is 19.2. The van der Waals surface area contributed by atoms with E-state index in [1.165, 1.54) is 25.0 Å². The summed E-state index contributed by atoms with van der Waals surface area (Å²) in [5.74, 6) is -0.542. The molecule has 6 nitrogen and oxygen atoms in total. The molecule has 174 valence electrons. The van der Waals surface area contributed by atoms with Gasteiger partial charge >= 0.3 is 5.97 Å². The van der Waals surface area contributed by atoms with Gasteiger partial charge in [0.25, 0.3) is 0 Å². The van der Waals surface area contributed by atoms with E-state index in [2.05, 4.69) is 34.9 Å². The fourth-order valence-electron chi connectivity index (χ4n) is 4.78. The molecule has 2 amide bonds. The van der Waals surface area contributed by atoms with Gasteiger partial charge in [0.2, 0.25) is 11.8 Å². The highest BCUT2D eigenvalue weighted by Crippen LogP contribution is 2.48. The Morgan fingerprint density at radius 1 is 0.848 bits per heavy atom. The van der Waals surface area contributed by atoms with Gasteiger partial charge in [0.1, 0.15) is 5.54 Å². The minimum atomic E-state index is -1.25. The Balaban J connectivity index is 1.26. The molecule has 0 bridgehead atoms. The first-order valence-electron chi connectivity index (χ1n) is 11.8. The number of rotatable bonds is 7. The molecule has 0 heterocycles. The van der Waals surface area contributed by atoms with Crippen LogP contribution in [0.5, 0.6) is 0 Å². The van der Waals surface area contributed by atoms with E-state index in [0.29, 0.717) is 11.8 Å². The van der Waals surface area contributed by atoms with Crippen molar-refractivity contribution >= 4 is 23.5 Å². The van der Waals surface area contributed by atoms with Gasteiger partial charge < -0.3 is 15.7 Å². The van der Waals surface area contributed by atoms with Crippen LogP contribution in [0.15, 0.2) is 54.6 Å². The van der Waals surface area contributed by atoms with Gasteiger partial charge in [-0.1, -0.05) is 42.5 Å². The molecular formula is C27H32N2O4. The first kappa shape index (κ1) is 23.0. The van der Waals surface area contributed by atoms with Gasteiger partial charge in [-0.3, -0.25) is 9.59 Å². The summed E-state index contributed by atoms with van der Waals surface area (Å²) >= 11 is 0. The zero-order valence-corrected chi connectivity index (χ0v) is 19.2. The molecule has 2 aromatic rings. The molecule has 0 aromatic heterocycles. The Bertz CT molecular complexity index is 1010. The van der Waals surface area contributed by atoms with Crippen LogP contribution in [0.4, 0.5) is 5.69 Å². The van der Waals surface area contributed by atoms with E-state index in [1.807, 2.05) is 30.3 Å². The summed E-state index contributed by atoms with van der Waals surface area (Å²) in [6.07, 6.45) is 4.16. The Kier molecular flexibility index (Phi) is 6.54. The van der Waals surface area contributed by atoms with Crippen molar-refractivity contribution in [1.29, 1.82) is 0 Å². The molecule has 2 saturated carbocycles. The first-order chi connectivity index (χ1) is 15.7. The molecule has 2 fully saturated rings.